The smallest absolute Gasteiger partial charge is 0.308 e. The Morgan fingerprint density at radius 2 is 1.63 bits per heavy atom. The van der Waals surface area contributed by atoms with Crippen molar-refractivity contribution in [1.29, 1.82) is 0 Å². The summed E-state index contributed by atoms with van der Waals surface area (Å²) in [6.07, 6.45) is 7.65. The van der Waals surface area contributed by atoms with Crippen molar-refractivity contribution in [3.8, 4) is 5.75 Å². The summed E-state index contributed by atoms with van der Waals surface area (Å²) in [7, 11) is 0. The van der Waals surface area contributed by atoms with Gasteiger partial charge in [0.15, 0.2) is 0 Å². The number of anilines is 2. The van der Waals surface area contributed by atoms with Gasteiger partial charge in [-0.3, -0.25) is 14.4 Å². The van der Waals surface area contributed by atoms with Crippen molar-refractivity contribution in [2.24, 2.45) is 5.92 Å². The average Bonchev–Trinajstić information content (AvgIpc) is 2.74. The molecule has 1 saturated carbocycles. The topological polar surface area (TPSA) is 84.5 Å². The molecule has 30 heavy (non-hydrogen) atoms. The molecule has 0 saturated heterocycles. The summed E-state index contributed by atoms with van der Waals surface area (Å²) >= 11 is 0. The van der Waals surface area contributed by atoms with Crippen LogP contribution in [-0.4, -0.2) is 17.8 Å². The first-order valence-electron chi connectivity index (χ1n) is 10.5. The zero-order valence-electron chi connectivity index (χ0n) is 17.3. The second kappa shape index (κ2) is 10.6. The molecule has 0 aliphatic heterocycles. The number of benzene rings is 2. The Balaban J connectivity index is 1.61. The van der Waals surface area contributed by atoms with Gasteiger partial charge in [-0.1, -0.05) is 50.3 Å². The Bertz CT molecular complexity index is 904. The molecule has 2 aromatic carbocycles. The van der Waals surface area contributed by atoms with Gasteiger partial charge in [-0.25, -0.2) is 0 Å². The minimum atomic E-state index is -0.450. The van der Waals surface area contributed by atoms with Crippen LogP contribution in [0.3, 0.4) is 0 Å². The van der Waals surface area contributed by atoms with E-state index in [0.29, 0.717) is 35.0 Å². The van der Waals surface area contributed by atoms with Crippen molar-refractivity contribution in [3.63, 3.8) is 0 Å². The van der Waals surface area contributed by atoms with Crippen molar-refractivity contribution >= 4 is 29.2 Å². The minimum absolute atomic E-state index is 0.0425. The number of amides is 2. The van der Waals surface area contributed by atoms with E-state index in [1.165, 1.54) is 45.1 Å². The van der Waals surface area contributed by atoms with Gasteiger partial charge in [0.2, 0.25) is 5.91 Å². The molecule has 6 heteroatoms. The Morgan fingerprint density at radius 3 is 2.33 bits per heavy atom. The molecule has 2 N–H and O–H groups in total. The number of para-hydroxylation sites is 2. The molecule has 2 aromatic rings. The maximum Gasteiger partial charge on any atom is 0.308 e. The van der Waals surface area contributed by atoms with Crippen LogP contribution in [0.15, 0.2) is 48.5 Å². The lowest BCUT2D eigenvalue weighted by Crippen LogP contribution is -2.18. The molecule has 0 spiro atoms. The van der Waals surface area contributed by atoms with E-state index in [0.717, 1.165) is 6.42 Å². The highest BCUT2D eigenvalue weighted by Crippen LogP contribution is 2.28. The lowest BCUT2D eigenvalue weighted by molar-refractivity contribution is -0.131. The first-order valence-corrected chi connectivity index (χ1v) is 10.5. The van der Waals surface area contributed by atoms with Crippen molar-refractivity contribution in [2.75, 3.05) is 10.6 Å². The van der Waals surface area contributed by atoms with Crippen LogP contribution in [0.1, 0.15) is 62.2 Å². The van der Waals surface area contributed by atoms with E-state index >= 15 is 0 Å². The van der Waals surface area contributed by atoms with Crippen molar-refractivity contribution in [3.05, 3.63) is 54.1 Å². The molecule has 0 heterocycles. The Morgan fingerprint density at radius 1 is 0.933 bits per heavy atom. The molecule has 1 fully saturated rings. The van der Waals surface area contributed by atoms with Gasteiger partial charge in [0.1, 0.15) is 5.75 Å². The fourth-order valence-corrected chi connectivity index (χ4v) is 3.79. The Hall–Kier alpha value is -3.15. The third-order valence-electron chi connectivity index (χ3n) is 5.31. The highest BCUT2D eigenvalue weighted by atomic mass is 16.5. The largest absolute Gasteiger partial charge is 0.427 e. The molecule has 0 atom stereocenters. The maximum absolute atomic E-state index is 12.7. The highest BCUT2D eigenvalue weighted by molar-refractivity contribution is 6.07. The zero-order chi connectivity index (χ0) is 21.3. The van der Waals surface area contributed by atoms with Gasteiger partial charge in [0.05, 0.1) is 11.4 Å². The fourth-order valence-electron chi connectivity index (χ4n) is 3.79. The van der Waals surface area contributed by atoms with Crippen LogP contribution in [-0.2, 0) is 9.59 Å². The second-order valence-electron chi connectivity index (χ2n) is 7.71. The maximum atomic E-state index is 12.7. The van der Waals surface area contributed by atoms with Crippen LogP contribution in [0, 0.1) is 5.92 Å². The van der Waals surface area contributed by atoms with Gasteiger partial charge in [-0.05, 0) is 42.7 Å². The molecular formula is C24H28N2O4. The zero-order valence-corrected chi connectivity index (χ0v) is 17.3. The minimum Gasteiger partial charge on any atom is -0.427 e. The molecule has 6 nitrogen and oxygen atoms in total. The second-order valence-corrected chi connectivity index (χ2v) is 7.71. The number of esters is 1. The Kier molecular flexibility index (Phi) is 7.60. The lowest BCUT2D eigenvalue weighted by Gasteiger charge is -2.21. The Labute approximate surface area is 177 Å². The summed E-state index contributed by atoms with van der Waals surface area (Å²) in [5, 5.41) is 5.75. The molecule has 0 bridgehead atoms. The van der Waals surface area contributed by atoms with Crippen LogP contribution in [0.4, 0.5) is 11.4 Å². The monoisotopic (exact) mass is 408 g/mol. The van der Waals surface area contributed by atoms with Crippen LogP contribution in [0.2, 0.25) is 0 Å². The first-order chi connectivity index (χ1) is 14.5. The standard InChI is InChI=1S/C24H28N2O4/c1-17(27)30-20-11-7-10-19(16-20)24(29)26-22-13-6-5-12-21(22)25-23(28)15-14-18-8-3-2-4-9-18/h5-7,10-13,16,18H,2-4,8-9,14-15H2,1H3,(H,25,28)(H,26,29). The number of carbonyl (C=O) groups excluding carboxylic acids is 3. The molecule has 1 aliphatic rings. The van der Waals surface area contributed by atoms with Crippen LogP contribution < -0.4 is 15.4 Å². The molecule has 2 amide bonds. The molecule has 0 radical (unpaired) electrons. The molecule has 0 unspecified atom stereocenters. The van der Waals surface area contributed by atoms with E-state index < -0.39 is 5.97 Å². The van der Waals surface area contributed by atoms with Crippen molar-refractivity contribution in [1.82, 2.24) is 0 Å². The number of hydrogen-bond acceptors (Lipinski definition) is 4. The van der Waals surface area contributed by atoms with E-state index in [9.17, 15) is 14.4 Å². The molecule has 3 rings (SSSR count). The molecule has 1 aliphatic carbocycles. The van der Waals surface area contributed by atoms with Crippen molar-refractivity contribution in [2.45, 2.75) is 51.9 Å². The fraction of sp³-hybridized carbons (Fsp3) is 0.375. The average molecular weight is 408 g/mol. The third kappa shape index (κ3) is 6.44. The SMILES string of the molecule is CC(=O)Oc1cccc(C(=O)Nc2ccccc2NC(=O)CCC2CCCCC2)c1. The van der Waals surface area contributed by atoms with Gasteiger partial charge in [0, 0.05) is 18.9 Å². The predicted molar refractivity (Wildman–Crippen MR) is 117 cm³/mol. The number of nitrogens with one attached hydrogen (secondary N) is 2. The number of ether oxygens (including phenoxy) is 1. The van der Waals surface area contributed by atoms with Crippen LogP contribution >= 0.6 is 0 Å². The quantitative estimate of drug-likeness (QED) is 0.489. The summed E-state index contributed by atoms with van der Waals surface area (Å²) in [6, 6.07) is 13.5. The van der Waals surface area contributed by atoms with Crippen LogP contribution in [0.5, 0.6) is 5.75 Å². The number of carbonyl (C=O) groups is 3. The summed E-state index contributed by atoms with van der Waals surface area (Å²) in [5.41, 5.74) is 1.44. The highest BCUT2D eigenvalue weighted by Gasteiger charge is 2.16. The predicted octanol–water partition coefficient (Wildman–Crippen LogP) is 5.16. The summed E-state index contributed by atoms with van der Waals surface area (Å²) in [4.78, 5) is 36.2. The lowest BCUT2D eigenvalue weighted by atomic mass is 9.86. The van der Waals surface area contributed by atoms with E-state index in [-0.39, 0.29) is 11.8 Å². The van der Waals surface area contributed by atoms with Gasteiger partial charge < -0.3 is 15.4 Å². The van der Waals surface area contributed by atoms with Gasteiger partial charge in [-0.2, -0.15) is 0 Å². The van der Waals surface area contributed by atoms with Gasteiger partial charge in [-0.15, -0.1) is 0 Å². The molecule has 158 valence electrons. The van der Waals surface area contributed by atoms with Gasteiger partial charge in [0.25, 0.3) is 5.91 Å². The molecular weight excluding hydrogens is 380 g/mol. The van der Waals surface area contributed by atoms with E-state index in [1.54, 1.807) is 36.4 Å². The van der Waals surface area contributed by atoms with E-state index in [4.69, 9.17) is 4.74 Å². The van der Waals surface area contributed by atoms with Crippen LogP contribution in [0.25, 0.3) is 0 Å². The van der Waals surface area contributed by atoms with Gasteiger partial charge >= 0.3 is 5.97 Å². The summed E-state index contributed by atoms with van der Waals surface area (Å²) in [5.74, 6) is 0.101. The number of rotatable bonds is 7. The molecule has 0 aromatic heterocycles. The third-order valence-corrected chi connectivity index (χ3v) is 5.31. The first kappa shape index (κ1) is 21.6. The van der Waals surface area contributed by atoms with Crippen molar-refractivity contribution < 1.29 is 19.1 Å². The summed E-state index contributed by atoms with van der Waals surface area (Å²) in [6.45, 7) is 1.31. The van der Waals surface area contributed by atoms with E-state index in [2.05, 4.69) is 10.6 Å². The summed E-state index contributed by atoms with van der Waals surface area (Å²) < 4.78 is 5.03. The van der Waals surface area contributed by atoms with E-state index in [1.807, 2.05) is 6.07 Å². The number of hydrogen-bond donors (Lipinski definition) is 2. The normalized spacial score (nSPS) is 14.0.